The second-order valence-electron chi connectivity index (χ2n) is 3.77. The first-order valence-corrected chi connectivity index (χ1v) is 5.65. The molecule has 0 bridgehead atoms. The Morgan fingerprint density at radius 1 is 1.40 bits per heavy atom. The molecule has 2 aromatic rings. The van der Waals surface area contributed by atoms with Gasteiger partial charge in [0.05, 0.1) is 17.1 Å². The molecule has 0 unspecified atom stereocenters. The Morgan fingerprint density at radius 2 is 2.20 bits per heavy atom. The summed E-state index contributed by atoms with van der Waals surface area (Å²) in [4.78, 5) is 14.6. The summed E-state index contributed by atoms with van der Waals surface area (Å²) in [6, 6.07) is 6.15. The number of fused-ring (bicyclic) bond motifs is 1. The van der Waals surface area contributed by atoms with Gasteiger partial charge in [-0.25, -0.2) is 4.79 Å². The molecule has 0 atom stereocenters. The van der Waals surface area contributed by atoms with Crippen molar-refractivity contribution >= 4 is 27.0 Å². The van der Waals surface area contributed by atoms with Gasteiger partial charge in [0.1, 0.15) is 0 Å². The molecular weight excluding hydrogens is 258 g/mol. The van der Waals surface area contributed by atoms with Gasteiger partial charge in [-0.3, -0.25) is 4.57 Å². The molecule has 0 saturated carbocycles. The maximum atomic E-state index is 11.7. The van der Waals surface area contributed by atoms with Gasteiger partial charge in [0.15, 0.2) is 0 Å². The van der Waals surface area contributed by atoms with Crippen molar-refractivity contribution in [3.8, 4) is 0 Å². The maximum absolute atomic E-state index is 11.7. The first-order chi connectivity index (χ1) is 7.25. The highest BCUT2D eigenvalue weighted by Crippen LogP contribution is 2.20. The van der Waals surface area contributed by atoms with Gasteiger partial charge in [-0.15, -0.1) is 0 Å². The molecule has 1 aromatic heterocycles. The van der Waals surface area contributed by atoms with Crippen LogP contribution in [0.2, 0.25) is 0 Å². The van der Waals surface area contributed by atoms with Gasteiger partial charge in [-0.2, -0.15) is 0 Å². The molecule has 5 heteroatoms. The molecule has 0 radical (unpaired) electrons. The number of halogens is 1. The largest absolute Gasteiger partial charge is 0.326 e. The Bertz CT molecular complexity index is 568. The zero-order chi connectivity index (χ0) is 10.4. The number of aromatic nitrogens is 2. The summed E-state index contributed by atoms with van der Waals surface area (Å²) in [7, 11) is 0. The van der Waals surface area contributed by atoms with Gasteiger partial charge < -0.3 is 10.3 Å². The molecule has 1 saturated heterocycles. The van der Waals surface area contributed by atoms with Crippen molar-refractivity contribution in [2.75, 3.05) is 13.1 Å². The van der Waals surface area contributed by atoms with E-state index in [1.807, 2.05) is 22.8 Å². The fourth-order valence-electron chi connectivity index (χ4n) is 1.92. The van der Waals surface area contributed by atoms with Gasteiger partial charge in [0.25, 0.3) is 0 Å². The predicted molar refractivity (Wildman–Crippen MR) is 62.2 cm³/mol. The molecular formula is C10H10BrN3O. The summed E-state index contributed by atoms with van der Waals surface area (Å²) in [6.07, 6.45) is 0. The van der Waals surface area contributed by atoms with Gasteiger partial charge >= 0.3 is 5.69 Å². The van der Waals surface area contributed by atoms with Crippen molar-refractivity contribution in [3.63, 3.8) is 0 Å². The van der Waals surface area contributed by atoms with Crippen LogP contribution < -0.4 is 11.0 Å². The van der Waals surface area contributed by atoms with E-state index in [1.54, 1.807) is 0 Å². The van der Waals surface area contributed by atoms with Crippen molar-refractivity contribution in [2.45, 2.75) is 6.04 Å². The van der Waals surface area contributed by atoms with E-state index in [-0.39, 0.29) is 5.69 Å². The van der Waals surface area contributed by atoms with Gasteiger partial charge in [0.2, 0.25) is 0 Å². The van der Waals surface area contributed by atoms with E-state index in [2.05, 4.69) is 26.2 Å². The molecule has 78 valence electrons. The molecule has 15 heavy (non-hydrogen) atoms. The number of nitrogens with zero attached hydrogens (tertiary/aromatic N) is 1. The third-order valence-corrected chi connectivity index (χ3v) is 3.30. The average Bonchev–Trinajstić information content (AvgIpc) is 2.40. The highest BCUT2D eigenvalue weighted by atomic mass is 79.9. The number of rotatable bonds is 1. The molecule has 0 amide bonds. The number of hydrogen-bond acceptors (Lipinski definition) is 2. The van der Waals surface area contributed by atoms with Crippen LogP contribution in [-0.2, 0) is 0 Å². The molecule has 1 aliphatic heterocycles. The Balaban J connectivity index is 2.27. The Morgan fingerprint density at radius 3 is 2.87 bits per heavy atom. The van der Waals surface area contributed by atoms with Crippen LogP contribution in [0.4, 0.5) is 0 Å². The number of H-pyrrole nitrogens is 1. The van der Waals surface area contributed by atoms with Crippen LogP contribution in [0.5, 0.6) is 0 Å². The lowest BCUT2D eigenvalue weighted by molar-refractivity contribution is 0.344. The van der Waals surface area contributed by atoms with Crippen molar-refractivity contribution in [3.05, 3.63) is 33.2 Å². The highest BCUT2D eigenvalue weighted by molar-refractivity contribution is 9.10. The van der Waals surface area contributed by atoms with E-state index >= 15 is 0 Å². The third kappa shape index (κ3) is 1.34. The first-order valence-electron chi connectivity index (χ1n) is 4.86. The normalized spacial score (nSPS) is 16.9. The standard InChI is InChI=1S/C10H10BrN3O/c11-6-1-2-9-8(3-6)13-10(15)14(9)7-4-12-5-7/h1-3,7,12H,4-5H2,(H,13,15). The number of nitrogens with one attached hydrogen (secondary N) is 2. The smallest absolute Gasteiger partial charge is 0.313 e. The Hall–Kier alpha value is -1.07. The molecule has 0 spiro atoms. The van der Waals surface area contributed by atoms with Crippen molar-refractivity contribution in [1.29, 1.82) is 0 Å². The van der Waals surface area contributed by atoms with E-state index in [0.717, 1.165) is 28.6 Å². The van der Waals surface area contributed by atoms with E-state index in [9.17, 15) is 4.79 Å². The minimum atomic E-state index is -0.0189. The Labute approximate surface area is 94.4 Å². The van der Waals surface area contributed by atoms with Crippen LogP contribution in [0.3, 0.4) is 0 Å². The number of benzene rings is 1. The zero-order valence-electron chi connectivity index (χ0n) is 7.96. The molecule has 0 aliphatic carbocycles. The monoisotopic (exact) mass is 267 g/mol. The first kappa shape index (κ1) is 9.18. The highest BCUT2D eigenvalue weighted by Gasteiger charge is 2.22. The summed E-state index contributed by atoms with van der Waals surface area (Å²) < 4.78 is 2.81. The van der Waals surface area contributed by atoms with Gasteiger partial charge in [-0.05, 0) is 18.2 Å². The summed E-state index contributed by atoms with van der Waals surface area (Å²) >= 11 is 3.39. The van der Waals surface area contributed by atoms with Crippen LogP contribution in [0.1, 0.15) is 6.04 Å². The van der Waals surface area contributed by atoms with Crippen LogP contribution >= 0.6 is 15.9 Å². The van der Waals surface area contributed by atoms with Gasteiger partial charge in [0, 0.05) is 17.6 Å². The van der Waals surface area contributed by atoms with Crippen LogP contribution in [0, 0.1) is 0 Å². The Kier molecular flexibility index (Phi) is 1.97. The molecule has 1 aliphatic rings. The quantitative estimate of drug-likeness (QED) is 0.817. The second kappa shape index (κ2) is 3.21. The summed E-state index contributed by atoms with van der Waals surface area (Å²) in [6.45, 7) is 1.76. The van der Waals surface area contributed by atoms with Crippen molar-refractivity contribution in [1.82, 2.24) is 14.9 Å². The second-order valence-corrected chi connectivity index (χ2v) is 4.69. The van der Waals surface area contributed by atoms with E-state index in [1.165, 1.54) is 0 Å². The SMILES string of the molecule is O=c1[nH]c2cc(Br)ccc2n1C1CNC1. The minimum absolute atomic E-state index is 0.0189. The van der Waals surface area contributed by atoms with E-state index < -0.39 is 0 Å². The van der Waals surface area contributed by atoms with E-state index in [0.29, 0.717) is 6.04 Å². The maximum Gasteiger partial charge on any atom is 0.326 e. The fourth-order valence-corrected chi connectivity index (χ4v) is 2.28. The molecule has 1 aromatic carbocycles. The number of imidazole rings is 1. The molecule has 4 nitrogen and oxygen atoms in total. The lowest BCUT2D eigenvalue weighted by Crippen LogP contribution is -2.46. The minimum Gasteiger partial charge on any atom is -0.313 e. The lowest BCUT2D eigenvalue weighted by atomic mass is 10.1. The van der Waals surface area contributed by atoms with Crippen molar-refractivity contribution in [2.24, 2.45) is 0 Å². The molecule has 3 rings (SSSR count). The molecule has 2 heterocycles. The lowest BCUT2D eigenvalue weighted by Gasteiger charge is -2.28. The fraction of sp³-hybridized carbons (Fsp3) is 0.300. The average molecular weight is 268 g/mol. The molecule has 2 N–H and O–H groups in total. The van der Waals surface area contributed by atoms with Crippen LogP contribution in [0.15, 0.2) is 27.5 Å². The van der Waals surface area contributed by atoms with E-state index in [4.69, 9.17) is 0 Å². The zero-order valence-corrected chi connectivity index (χ0v) is 9.54. The van der Waals surface area contributed by atoms with Crippen LogP contribution in [0.25, 0.3) is 11.0 Å². The predicted octanol–water partition coefficient (Wildman–Crippen LogP) is 1.24. The topological polar surface area (TPSA) is 49.8 Å². The van der Waals surface area contributed by atoms with Crippen molar-refractivity contribution < 1.29 is 0 Å². The molecule has 1 fully saturated rings. The summed E-state index contributed by atoms with van der Waals surface area (Å²) in [5.74, 6) is 0. The summed E-state index contributed by atoms with van der Waals surface area (Å²) in [5.41, 5.74) is 1.85. The number of aromatic amines is 1. The summed E-state index contributed by atoms with van der Waals surface area (Å²) in [5, 5.41) is 3.17. The van der Waals surface area contributed by atoms with Crippen LogP contribution in [-0.4, -0.2) is 22.6 Å². The van der Waals surface area contributed by atoms with Gasteiger partial charge in [-0.1, -0.05) is 15.9 Å². The third-order valence-electron chi connectivity index (χ3n) is 2.80. The number of hydrogen-bond donors (Lipinski definition) is 2.